The number of ether oxygens (including phenoxy) is 1. The Morgan fingerprint density at radius 2 is 1.35 bits per heavy atom. The van der Waals surface area contributed by atoms with Crippen molar-refractivity contribution in [2.45, 2.75) is 91.9 Å². The molecule has 0 bridgehead atoms. The number of hydrogen-bond donors (Lipinski definition) is 1. The van der Waals surface area contributed by atoms with Crippen molar-refractivity contribution in [2.24, 2.45) is 5.41 Å². The fourth-order valence-electron chi connectivity index (χ4n) is 2.14. The highest BCUT2D eigenvalue weighted by atomic mass is 16.5. The first kappa shape index (κ1) is 23.9. The summed E-state index contributed by atoms with van der Waals surface area (Å²) in [7, 11) is 0. The van der Waals surface area contributed by atoms with Crippen LogP contribution in [-0.2, 0) is 14.3 Å². The molecule has 0 aliphatic rings. The lowest BCUT2D eigenvalue weighted by Crippen LogP contribution is -2.03. The molecule has 0 spiro atoms. The lowest BCUT2D eigenvalue weighted by atomic mass is 9.89. The van der Waals surface area contributed by atoms with Gasteiger partial charge in [0.15, 0.2) is 0 Å². The van der Waals surface area contributed by atoms with Gasteiger partial charge in [-0.2, -0.15) is 0 Å². The quantitative estimate of drug-likeness (QED) is 0.300. The molecule has 23 heavy (non-hydrogen) atoms. The largest absolute Gasteiger partial charge is 0.481 e. The van der Waals surface area contributed by atoms with Gasteiger partial charge in [-0.25, -0.2) is 0 Å². The summed E-state index contributed by atoms with van der Waals surface area (Å²) < 4.78 is 4.67. The summed E-state index contributed by atoms with van der Waals surface area (Å²) in [5, 5.41) is 7.42. The van der Waals surface area contributed by atoms with Gasteiger partial charge in [0, 0.05) is 13.3 Å². The van der Waals surface area contributed by atoms with E-state index in [1.165, 1.54) is 51.2 Å². The van der Waals surface area contributed by atoms with Crippen LogP contribution in [0.25, 0.3) is 0 Å². The van der Waals surface area contributed by atoms with Gasteiger partial charge >= 0.3 is 5.97 Å². The van der Waals surface area contributed by atoms with Gasteiger partial charge in [0.25, 0.3) is 5.97 Å². The minimum absolute atomic E-state index is 0.155. The molecule has 0 radical (unpaired) electrons. The molecule has 0 atom stereocenters. The van der Waals surface area contributed by atoms with E-state index in [4.69, 9.17) is 9.90 Å². The van der Waals surface area contributed by atoms with Crippen LogP contribution < -0.4 is 0 Å². The van der Waals surface area contributed by atoms with E-state index >= 15 is 0 Å². The van der Waals surface area contributed by atoms with Gasteiger partial charge in [0.1, 0.15) is 0 Å². The molecule has 0 amide bonds. The second-order valence-electron chi connectivity index (χ2n) is 7.06. The van der Waals surface area contributed by atoms with Crippen LogP contribution in [0.4, 0.5) is 0 Å². The lowest BCUT2D eigenvalue weighted by molar-refractivity contribution is -0.138. The fourth-order valence-corrected chi connectivity index (χ4v) is 2.14. The maximum atomic E-state index is 11.0. The van der Waals surface area contributed by atoms with Crippen molar-refractivity contribution in [1.29, 1.82) is 0 Å². The van der Waals surface area contributed by atoms with Crippen LogP contribution >= 0.6 is 0 Å². The molecular weight excluding hydrogens is 292 g/mol. The predicted octanol–water partition coefficient (Wildman–Crippen LogP) is 5.71. The fraction of sp³-hybridized carbons (Fsp3) is 0.789. The average molecular weight is 328 g/mol. The zero-order chi connectivity index (χ0) is 18.1. The smallest absolute Gasteiger partial charge is 0.310 e. The average Bonchev–Trinajstić information content (AvgIpc) is 2.39. The first-order valence-corrected chi connectivity index (χ1v) is 8.69. The van der Waals surface area contributed by atoms with Crippen LogP contribution in [0.3, 0.4) is 0 Å². The third-order valence-electron chi connectivity index (χ3n) is 3.27. The summed E-state index contributed by atoms with van der Waals surface area (Å²) in [6.07, 6.45) is 13.1. The van der Waals surface area contributed by atoms with Crippen molar-refractivity contribution in [3.8, 4) is 0 Å². The highest BCUT2D eigenvalue weighted by Gasteiger charge is 2.08. The van der Waals surface area contributed by atoms with Gasteiger partial charge in [-0.1, -0.05) is 72.3 Å². The number of carbonyl (C=O) groups is 2. The highest BCUT2D eigenvalue weighted by Crippen LogP contribution is 2.22. The summed E-state index contributed by atoms with van der Waals surface area (Å²) in [5.41, 5.74) is 0.486. The van der Waals surface area contributed by atoms with Crippen LogP contribution in [0.5, 0.6) is 0 Å². The Hall–Kier alpha value is -1.32. The van der Waals surface area contributed by atoms with Gasteiger partial charge in [0.05, 0.1) is 6.26 Å². The SMILES string of the molecule is C=COC(=O)CCCCCCCCCCC(C)(C)C.CC(=O)O. The van der Waals surface area contributed by atoms with Crippen LogP contribution in [0.1, 0.15) is 91.9 Å². The number of carbonyl (C=O) groups excluding carboxylic acids is 1. The number of aliphatic carboxylic acids is 1. The number of rotatable bonds is 11. The number of carboxylic acids is 1. The predicted molar refractivity (Wildman–Crippen MR) is 95.2 cm³/mol. The second-order valence-corrected chi connectivity index (χ2v) is 7.06. The molecule has 136 valence electrons. The van der Waals surface area contributed by atoms with E-state index < -0.39 is 5.97 Å². The van der Waals surface area contributed by atoms with E-state index in [1.54, 1.807) is 0 Å². The first-order valence-electron chi connectivity index (χ1n) is 8.69. The molecule has 0 heterocycles. The standard InChI is InChI=1S/C17H32O2.C2H4O2/c1-5-19-16(18)14-12-10-8-6-7-9-11-13-15-17(2,3)4;1-2(3)4/h5H,1,6-15H2,2-4H3;1H3,(H,3,4). The molecule has 4 heteroatoms. The van der Waals surface area contributed by atoms with E-state index in [0.29, 0.717) is 11.8 Å². The molecule has 0 rings (SSSR count). The van der Waals surface area contributed by atoms with Crippen LogP contribution in [-0.4, -0.2) is 17.0 Å². The molecule has 0 aromatic carbocycles. The Labute approximate surface area is 142 Å². The van der Waals surface area contributed by atoms with Crippen molar-refractivity contribution in [2.75, 3.05) is 0 Å². The molecule has 0 aliphatic heterocycles. The molecule has 0 aromatic rings. The summed E-state index contributed by atoms with van der Waals surface area (Å²) in [6, 6.07) is 0. The molecule has 0 aliphatic carbocycles. The van der Waals surface area contributed by atoms with Gasteiger partial charge in [-0.05, 0) is 18.3 Å². The number of unbranched alkanes of at least 4 members (excludes halogenated alkanes) is 7. The third kappa shape index (κ3) is 29.4. The van der Waals surface area contributed by atoms with Gasteiger partial charge < -0.3 is 9.84 Å². The highest BCUT2D eigenvalue weighted by molar-refractivity contribution is 5.69. The van der Waals surface area contributed by atoms with Gasteiger partial charge in [-0.3, -0.25) is 9.59 Å². The Morgan fingerprint density at radius 1 is 0.957 bits per heavy atom. The Balaban J connectivity index is 0. The molecule has 0 unspecified atom stereocenters. The van der Waals surface area contributed by atoms with Crippen molar-refractivity contribution >= 4 is 11.9 Å². The molecule has 4 nitrogen and oxygen atoms in total. The number of hydrogen-bond acceptors (Lipinski definition) is 3. The number of esters is 1. The third-order valence-corrected chi connectivity index (χ3v) is 3.27. The molecule has 0 fully saturated rings. The zero-order valence-corrected chi connectivity index (χ0v) is 15.5. The van der Waals surface area contributed by atoms with Crippen molar-refractivity contribution in [3.63, 3.8) is 0 Å². The van der Waals surface area contributed by atoms with Crippen LogP contribution in [0.2, 0.25) is 0 Å². The summed E-state index contributed by atoms with van der Waals surface area (Å²) in [5.74, 6) is -0.989. The second kappa shape index (κ2) is 15.6. The maximum absolute atomic E-state index is 11.0. The Bertz CT molecular complexity index is 312. The van der Waals surface area contributed by atoms with Gasteiger partial charge in [0.2, 0.25) is 0 Å². The molecule has 0 saturated heterocycles. The monoisotopic (exact) mass is 328 g/mol. The molecule has 0 aromatic heterocycles. The van der Waals surface area contributed by atoms with Gasteiger partial charge in [-0.15, -0.1) is 0 Å². The van der Waals surface area contributed by atoms with E-state index in [1.807, 2.05) is 0 Å². The first-order chi connectivity index (χ1) is 10.7. The Kier molecular flexibility index (Phi) is 16.2. The Morgan fingerprint density at radius 3 is 1.74 bits per heavy atom. The van der Waals surface area contributed by atoms with E-state index in [-0.39, 0.29) is 5.97 Å². The van der Waals surface area contributed by atoms with E-state index in [0.717, 1.165) is 19.8 Å². The molecular formula is C19H36O4. The van der Waals surface area contributed by atoms with Crippen molar-refractivity contribution in [3.05, 3.63) is 12.8 Å². The summed E-state index contributed by atoms with van der Waals surface area (Å²) in [6.45, 7) is 11.4. The van der Waals surface area contributed by atoms with Crippen LogP contribution in [0, 0.1) is 5.41 Å². The summed E-state index contributed by atoms with van der Waals surface area (Å²) >= 11 is 0. The molecule has 0 saturated carbocycles. The van der Waals surface area contributed by atoms with Crippen LogP contribution in [0.15, 0.2) is 12.8 Å². The van der Waals surface area contributed by atoms with E-state index in [2.05, 4.69) is 32.1 Å². The normalized spacial score (nSPS) is 10.4. The zero-order valence-electron chi connectivity index (χ0n) is 15.5. The number of carboxylic acid groups (broad SMARTS) is 1. The van der Waals surface area contributed by atoms with Crippen molar-refractivity contribution in [1.82, 2.24) is 0 Å². The summed E-state index contributed by atoms with van der Waals surface area (Å²) in [4.78, 5) is 20.0. The van der Waals surface area contributed by atoms with E-state index in [9.17, 15) is 4.79 Å². The minimum Gasteiger partial charge on any atom is -0.481 e. The topological polar surface area (TPSA) is 63.6 Å². The van der Waals surface area contributed by atoms with Crippen molar-refractivity contribution < 1.29 is 19.4 Å². The minimum atomic E-state index is -0.833. The lowest BCUT2D eigenvalue weighted by Gasteiger charge is -2.17. The molecule has 1 N–H and O–H groups in total. The maximum Gasteiger partial charge on any atom is 0.310 e.